The molecule has 0 unspecified atom stereocenters. The van der Waals surface area contributed by atoms with Gasteiger partial charge in [0.25, 0.3) is 5.91 Å². The summed E-state index contributed by atoms with van der Waals surface area (Å²) in [5, 5.41) is 6.09. The van der Waals surface area contributed by atoms with Crippen LogP contribution in [-0.4, -0.2) is 25.2 Å². The first-order valence-electron chi connectivity index (χ1n) is 9.49. The highest BCUT2D eigenvalue weighted by Crippen LogP contribution is 2.26. The Morgan fingerprint density at radius 3 is 2.61 bits per heavy atom. The highest BCUT2D eigenvalue weighted by molar-refractivity contribution is 5.99. The van der Waals surface area contributed by atoms with E-state index in [4.69, 9.17) is 0 Å². The summed E-state index contributed by atoms with van der Waals surface area (Å²) in [7, 11) is 0. The molecule has 142 valence electrons. The zero-order valence-corrected chi connectivity index (χ0v) is 15.8. The first-order chi connectivity index (χ1) is 13.6. The summed E-state index contributed by atoms with van der Waals surface area (Å²) < 4.78 is 14.5. The number of nitrogens with zero attached hydrogens (tertiary/aromatic N) is 2. The Kier molecular flexibility index (Phi) is 5.06. The number of aryl methyl sites for hydroxylation is 1. The van der Waals surface area contributed by atoms with Gasteiger partial charge in [-0.25, -0.2) is 9.82 Å². The minimum absolute atomic E-state index is 0.255. The minimum atomic E-state index is -0.297. The number of amides is 1. The van der Waals surface area contributed by atoms with Crippen molar-refractivity contribution in [3.8, 4) is 0 Å². The summed E-state index contributed by atoms with van der Waals surface area (Å²) in [6, 6.07) is 16.7. The molecule has 1 fully saturated rings. The highest BCUT2D eigenvalue weighted by Gasteiger charge is 2.17. The van der Waals surface area contributed by atoms with Gasteiger partial charge in [0, 0.05) is 24.2 Å². The third-order valence-corrected chi connectivity index (χ3v) is 5.16. The lowest BCUT2D eigenvalue weighted by atomic mass is 10.1. The van der Waals surface area contributed by atoms with Crippen LogP contribution in [0.1, 0.15) is 34.3 Å². The second kappa shape index (κ2) is 7.80. The number of hydrogen-bond acceptors (Lipinski definition) is 3. The number of halogens is 1. The SMILES string of the molecule is Cc1cc(N2CCCC2)c(F)cc1/C=N\NC(=O)c1ccc2ccccc2c1. The Hall–Kier alpha value is -3.21. The van der Waals surface area contributed by atoms with E-state index in [9.17, 15) is 9.18 Å². The van der Waals surface area contributed by atoms with Gasteiger partial charge in [-0.2, -0.15) is 5.10 Å². The lowest BCUT2D eigenvalue weighted by Gasteiger charge is -2.19. The van der Waals surface area contributed by atoms with Gasteiger partial charge < -0.3 is 4.90 Å². The lowest BCUT2D eigenvalue weighted by molar-refractivity contribution is 0.0955. The van der Waals surface area contributed by atoms with Crippen LogP contribution in [0.25, 0.3) is 10.8 Å². The van der Waals surface area contributed by atoms with Crippen LogP contribution < -0.4 is 10.3 Å². The maximum Gasteiger partial charge on any atom is 0.271 e. The lowest BCUT2D eigenvalue weighted by Crippen LogP contribution is -2.19. The summed E-state index contributed by atoms with van der Waals surface area (Å²) in [5.41, 5.74) is 5.28. The number of nitrogens with one attached hydrogen (secondary N) is 1. The van der Waals surface area contributed by atoms with Crippen LogP contribution in [0.4, 0.5) is 10.1 Å². The highest BCUT2D eigenvalue weighted by atomic mass is 19.1. The standard InChI is InChI=1S/C23H22FN3O/c1-16-12-22(27-10-4-5-11-27)21(24)14-20(16)15-25-26-23(28)19-9-8-17-6-2-3-7-18(17)13-19/h2-3,6-9,12-15H,4-5,10-11H2,1H3,(H,26,28)/b25-15-. The van der Waals surface area contributed by atoms with Crippen LogP contribution in [0, 0.1) is 12.7 Å². The number of fused-ring (bicyclic) bond motifs is 1. The topological polar surface area (TPSA) is 44.7 Å². The molecule has 0 atom stereocenters. The molecule has 1 amide bonds. The van der Waals surface area contributed by atoms with Crippen LogP contribution >= 0.6 is 0 Å². The van der Waals surface area contributed by atoms with Crippen molar-refractivity contribution in [2.45, 2.75) is 19.8 Å². The predicted molar refractivity (Wildman–Crippen MR) is 112 cm³/mol. The third-order valence-electron chi connectivity index (χ3n) is 5.16. The third kappa shape index (κ3) is 3.74. The summed E-state index contributed by atoms with van der Waals surface area (Å²) >= 11 is 0. The van der Waals surface area contributed by atoms with Crippen LogP contribution in [0.5, 0.6) is 0 Å². The molecule has 4 nitrogen and oxygen atoms in total. The Bertz CT molecular complexity index is 1050. The molecule has 0 aliphatic carbocycles. The second-order valence-electron chi connectivity index (χ2n) is 7.12. The van der Waals surface area contributed by atoms with Crippen molar-refractivity contribution in [2.24, 2.45) is 5.10 Å². The molecule has 1 aliphatic heterocycles. The summed E-state index contributed by atoms with van der Waals surface area (Å²) in [6.45, 7) is 3.71. The van der Waals surface area contributed by atoms with Gasteiger partial charge in [-0.15, -0.1) is 0 Å². The van der Waals surface area contributed by atoms with Crippen LogP contribution in [-0.2, 0) is 0 Å². The molecule has 0 bridgehead atoms. The number of rotatable bonds is 4. The number of hydrogen-bond donors (Lipinski definition) is 1. The van der Waals surface area contributed by atoms with Crippen LogP contribution in [0.15, 0.2) is 59.7 Å². The van der Waals surface area contributed by atoms with Crippen molar-refractivity contribution in [1.82, 2.24) is 5.43 Å². The number of anilines is 1. The molecule has 0 saturated carbocycles. The van der Waals surface area contributed by atoms with E-state index in [-0.39, 0.29) is 11.7 Å². The average Bonchev–Trinajstić information content (AvgIpc) is 3.24. The van der Waals surface area contributed by atoms with Crippen molar-refractivity contribution in [2.75, 3.05) is 18.0 Å². The maximum absolute atomic E-state index is 14.5. The zero-order chi connectivity index (χ0) is 19.5. The molecular formula is C23H22FN3O. The Labute approximate surface area is 163 Å². The number of benzene rings is 3. The van der Waals surface area contributed by atoms with Gasteiger partial charge in [-0.1, -0.05) is 30.3 Å². The molecule has 1 saturated heterocycles. The molecule has 1 aliphatic rings. The van der Waals surface area contributed by atoms with Gasteiger partial charge in [0.15, 0.2) is 0 Å². The second-order valence-corrected chi connectivity index (χ2v) is 7.12. The molecule has 28 heavy (non-hydrogen) atoms. The molecular weight excluding hydrogens is 353 g/mol. The molecule has 3 aromatic rings. The molecule has 0 spiro atoms. The summed E-state index contributed by atoms with van der Waals surface area (Å²) in [6.07, 6.45) is 3.69. The molecule has 3 aromatic carbocycles. The monoisotopic (exact) mass is 375 g/mol. The van der Waals surface area contributed by atoms with Crippen molar-refractivity contribution in [1.29, 1.82) is 0 Å². The fraction of sp³-hybridized carbons (Fsp3) is 0.217. The van der Waals surface area contributed by atoms with E-state index < -0.39 is 0 Å². The van der Waals surface area contributed by atoms with Gasteiger partial charge in [0.2, 0.25) is 0 Å². The maximum atomic E-state index is 14.5. The molecule has 1 N–H and O–H groups in total. The van der Waals surface area contributed by atoms with E-state index in [0.29, 0.717) is 16.8 Å². The summed E-state index contributed by atoms with van der Waals surface area (Å²) in [5.74, 6) is -0.552. The van der Waals surface area contributed by atoms with E-state index in [1.807, 2.05) is 49.4 Å². The van der Waals surface area contributed by atoms with E-state index in [0.717, 1.165) is 42.3 Å². The largest absolute Gasteiger partial charge is 0.369 e. The fourth-order valence-corrected chi connectivity index (χ4v) is 3.58. The van der Waals surface area contributed by atoms with Gasteiger partial charge in [-0.05, 0) is 60.4 Å². The number of carbonyl (C=O) groups is 1. The molecule has 5 heteroatoms. The molecule has 4 rings (SSSR count). The Morgan fingerprint density at radius 2 is 1.82 bits per heavy atom. The predicted octanol–water partition coefficient (Wildman–Crippen LogP) is 4.65. The first-order valence-corrected chi connectivity index (χ1v) is 9.49. The molecule has 0 aromatic heterocycles. The first kappa shape index (κ1) is 18.2. The van der Waals surface area contributed by atoms with Gasteiger partial charge >= 0.3 is 0 Å². The van der Waals surface area contributed by atoms with Gasteiger partial charge in [0.05, 0.1) is 11.9 Å². The van der Waals surface area contributed by atoms with Crippen LogP contribution in [0.2, 0.25) is 0 Å². The quantitative estimate of drug-likeness (QED) is 0.533. The van der Waals surface area contributed by atoms with Crippen molar-refractivity contribution in [3.63, 3.8) is 0 Å². The van der Waals surface area contributed by atoms with E-state index in [1.54, 1.807) is 6.07 Å². The zero-order valence-electron chi connectivity index (χ0n) is 15.8. The van der Waals surface area contributed by atoms with Crippen molar-refractivity contribution in [3.05, 3.63) is 77.1 Å². The number of carbonyl (C=O) groups excluding carboxylic acids is 1. The van der Waals surface area contributed by atoms with E-state index in [1.165, 1.54) is 12.3 Å². The average molecular weight is 375 g/mol. The minimum Gasteiger partial charge on any atom is -0.369 e. The van der Waals surface area contributed by atoms with E-state index in [2.05, 4.69) is 15.4 Å². The molecule has 0 radical (unpaired) electrons. The van der Waals surface area contributed by atoms with Crippen molar-refractivity contribution < 1.29 is 9.18 Å². The fourth-order valence-electron chi connectivity index (χ4n) is 3.58. The van der Waals surface area contributed by atoms with Crippen molar-refractivity contribution >= 4 is 28.6 Å². The van der Waals surface area contributed by atoms with Gasteiger partial charge in [0.1, 0.15) is 5.82 Å². The summed E-state index contributed by atoms with van der Waals surface area (Å²) in [4.78, 5) is 14.4. The van der Waals surface area contributed by atoms with Gasteiger partial charge in [-0.3, -0.25) is 4.79 Å². The van der Waals surface area contributed by atoms with E-state index >= 15 is 0 Å². The Morgan fingerprint density at radius 1 is 1.07 bits per heavy atom. The Balaban J connectivity index is 1.47. The molecule has 1 heterocycles. The van der Waals surface area contributed by atoms with Crippen LogP contribution in [0.3, 0.4) is 0 Å². The normalized spacial score (nSPS) is 14.1. The number of hydrazone groups is 1. The smallest absolute Gasteiger partial charge is 0.271 e.